The van der Waals surface area contributed by atoms with Crippen LogP contribution in [0.4, 0.5) is 5.69 Å². The van der Waals surface area contributed by atoms with Crippen molar-refractivity contribution in [2.45, 2.75) is 26.4 Å². The Morgan fingerprint density at radius 2 is 1.64 bits per heavy atom. The zero-order valence-corrected chi connectivity index (χ0v) is 16.5. The molecule has 0 saturated heterocycles. The van der Waals surface area contributed by atoms with Gasteiger partial charge in [0.25, 0.3) is 0 Å². The molecule has 0 unspecified atom stereocenters. The maximum Gasteiger partial charge on any atom is 0.221 e. The van der Waals surface area contributed by atoms with Crippen molar-refractivity contribution < 1.29 is 9.53 Å². The Labute approximate surface area is 166 Å². The summed E-state index contributed by atoms with van der Waals surface area (Å²) in [5.41, 5.74) is 5.45. The van der Waals surface area contributed by atoms with Gasteiger partial charge in [-0.05, 0) is 59.5 Å². The highest BCUT2D eigenvalue weighted by Crippen LogP contribution is 2.24. The molecule has 0 saturated carbocycles. The predicted molar refractivity (Wildman–Crippen MR) is 114 cm³/mol. The summed E-state index contributed by atoms with van der Waals surface area (Å²) in [4.78, 5) is 11.3. The monoisotopic (exact) mass is 374 g/mol. The molecule has 28 heavy (non-hydrogen) atoms. The summed E-state index contributed by atoms with van der Waals surface area (Å²) < 4.78 is 5.22. The second kappa shape index (κ2) is 9.20. The SMILES string of the molecule is COc1ccc([C@@H](C)NCc2cccc(-c3cccc(NC(C)=O)c3)c2)cc1. The number of hydrogen-bond donors (Lipinski definition) is 2. The average Bonchev–Trinajstić information content (AvgIpc) is 2.72. The van der Waals surface area contributed by atoms with Gasteiger partial charge in [-0.2, -0.15) is 0 Å². The van der Waals surface area contributed by atoms with Crippen molar-refractivity contribution in [1.82, 2.24) is 5.32 Å². The van der Waals surface area contributed by atoms with Crippen molar-refractivity contribution in [1.29, 1.82) is 0 Å². The van der Waals surface area contributed by atoms with Gasteiger partial charge in [0.05, 0.1) is 7.11 Å². The first kappa shape index (κ1) is 19.6. The first-order valence-electron chi connectivity index (χ1n) is 9.39. The average molecular weight is 374 g/mol. The Morgan fingerprint density at radius 1 is 0.964 bits per heavy atom. The van der Waals surface area contributed by atoms with Gasteiger partial charge in [-0.1, -0.05) is 42.5 Å². The molecule has 4 heteroatoms. The van der Waals surface area contributed by atoms with E-state index < -0.39 is 0 Å². The molecule has 3 aromatic carbocycles. The molecular weight excluding hydrogens is 348 g/mol. The minimum absolute atomic E-state index is 0.0670. The van der Waals surface area contributed by atoms with E-state index in [1.165, 1.54) is 18.1 Å². The largest absolute Gasteiger partial charge is 0.497 e. The highest BCUT2D eigenvalue weighted by molar-refractivity contribution is 5.89. The van der Waals surface area contributed by atoms with Crippen LogP contribution in [-0.2, 0) is 11.3 Å². The highest BCUT2D eigenvalue weighted by atomic mass is 16.5. The van der Waals surface area contributed by atoms with Gasteiger partial charge in [0.15, 0.2) is 0 Å². The Balaban J connectivity index is 1.68. The molecule has 0 spiro atoms. The molecule has 0 heterocycles. The Kier molecular flexibility index (Phi) is 6.45. The van der Waals surface area contributed by atoms with Crippen LogP contribution in [0, 0.1) is 0 Å². The standard InChI is InChI=1S/C24H26N2O2/c1-17(20-10-12-24(28-3)13-11-20)25-16-19-6-4-7-21(14-19)22-8-5-9-23(15-22)26-18(2)27/h4-15,17,25H,16H2,1-3H3,(H,26,27)/t17-/m1/s1. The molecule has 1 amide bonds. The zero-order valence-electron chi connectivity index (χ0n) is 16.5. The zero-order chi connectivity index (χ0) is 19.9. The number of ether oxygens (including phenoxy) is 1. The van der Waals surface area contributed by atoms with Gasteiger partial charge in [-0.15, -0.1) is 0 Å². The van der Waals surface area contributed by atoms with E-state index in [4.69, 9.17) is 4.74 Å². The van der Waals surface area contributed by atoms with Crippen LogP contribution in [0.2, 0.25) is 0 Å². The number of benzene rings is 3. The van der Waals surface area contributed by atoms with E-state index in [9.17, 15) is 4.79 Å². The van der Waals surface area contributed by atoms with Gasteiger partial charge in [0.1, 0.15) is 5.75 Å². The Bertz CT molecular complexity index is 935. The lowest BCUT2D eigenvalue weighted by atomic mass is 10.0. The van der Waals surface area contributed by atoms with Crippen LogP contribution < -0.4 is 15.4 Å². The van der Waals surface area contributed by atoms with E-state index in [1.807, 2.05) is 30.3 Å². The fourth-order valence-corrected chi connectivity index (χ4v) is 3.12. The van der Waals surface area contributed by atoms with Crippen molar-refractivity contribution in [2.75, 3.05) is 12.4 Å². The molecular formula is C24H26N2O2. The number of nitrogens with one attached hydrogen (secondary N) is 2. The van der Waals surface area contributed by atoms with Crippen LogP contribution in [-0.4, -0.2) is 13.0 Å². The van der Waals surface area contributed by atoms with E-state index >= 15 is 0 Å². The molecule has 3 rings (SSSR count). The van der Waals surface area contributed by atoms with Crippen molar-refractivity contribution in [2.24, 2.45) is 0 Å². The third-order valence-electron chi connectivity index (χ3n) is 4.67. The van der Waals surface area contributed by atoms with Crippen molar-refractivity contribution in [3.63, 3.8) is 0 Å². The smallest absolute Gasteiger partial charge is 0.221 e. The topological polar surface area (TPSA) is 50.4 Å². The first-order chi connectivity index (χ1) is 13.5. The first-order valence-corrected chi connectivity index (χ1v) is 9.39. The van der Waals surface area contributed by atoms with Crippen LogP contribution in [0.3, 0.4) is 0 Å². The van der Waals surface area contributed by atoms with Crippen LogP contribution in [0.25, 0.3) is 11.1 Å². The van der Waals surface area contributed by atoms with Gasteiger partial charge in [-0.25, -0.2) is 0 Å². The Morgan fingerprint density at radius 3 is 2.32 bits per heavy atom. The number of hydrogen-bond acceptors (Lipinski definition) is 3. The number of amides is 1. The minimum atomic E-state index is -0.0670. The van der Waals surface area contributed by atoms with Crippen LogP contribution in [0.5, 0.6) is 5.75 Å². The fourth-order valence-electron chi connectivity index (χ4n) is 3.12. The maximum atomic E-state index is 11.3. The molecule has 0 fully saturated rings. The molecule has 2 N–H and O–H groups in total. The van der Waals surface area contributed by atoms with E-state index in [0.717, 1.165) is 29.1 Å². The van der Waals surface area contributed by atoms with E-state index in [2.05, 4.69) is 60.0 Å². The third kappa shape index (κ3) is 5.21. The fraction of sp³-hybridized carbons (Fsp3) is 0.208. The Hall–Kier alpha value is -3.11. The number of carbonyl (C=O) groups is 1. The molecule has 0 radical (unpaired) electrons. The molecule has 0 bridgehead atoms. The van der Waals surface area contributed by atoms with Gasteiger partial charge in [0, 0.05) is 25.2 Å². The minimum Gasteiger partial charge on any atom is -0.497 e. The van der Waals surface area contributed by atoms with Gasteiger partial charge >= 0.3 is 0 Å². The third-order valence-corrected chi connectivity index (χ3v) is 4.67. The number of carbonyl (C=O) groups excluding carboxylic acids is 1. The lowest BCUT2D eigenvalue weighted by Crippen LogP contribution is -2.18. The van der Waals surface area contributed by atoms with Crippen LogP contribution >= 0.6 is 0 Å². The van der Waals surface area contributed by atoms with Crippen molar-refractivity contribution in [3.05, 3.63) is 83.9 Å². The lowest BCUT2D eigenvalue weighted by Gasteiger charge is -2.15. The molecule has 0 aliphatic heterocycles. The quantitative estimate of drug-likeness (QED) is 0.600. The maximum absolute atomic E-state index is 11.3. The number of methoxy groups -OCH3 is 1. The molecule has 0 aliphatic carbocycles. The summed E-state index contributed by atoms with van der Waals surface area (Å²) in [7, 11) is 1.68. The summed E-state index contributed by atoms with van der Waals surface area (Å²) in [6, 6.07) is 24.7. The predicted octanol–water partition coefficient (Wildman–Crippen LogP) is 5.17. The van der Waals surface area contributed by atoms with Gasteiger partial charge < -0.3 is 15.4 Å². The van der Waals surface area contributed by atoms with Crippen LogP contribution in [0.1, 0.15) is 31.0 Å². The molecule has 1 atom stereocenters. The molecule has 3 aromatic rings. The summed E-state index contributed by atoms with van der Waals surface area (Å²) >= 11 is 0. The van der Waals surface area contributed by atoms with Gasteiger partial charge in [-0.3, -0.25) is 4.79 Å². The summed E-state index contributed by atoms with van der Waals surface area (Å²) in [5, 5.41) is 6.41. The lowest BCUT2D eigenvalue weighted by molar-refractivity contribution is -0.114. The second-order valence-electron chi connectivity index (χ2n) is 6.84. The molecule has 0 aromatic heterocycles. The normalized spacial score (nSPS) is 11.7. The summed E-state index contributed by atoms with van der Waals surface area (Å²) in [5.74, 6) is 0.799. The van der Waals surface area contributed by atoms with Crippen LogP contribution in [0.15, 0.2) is 72.8 Å². The highest BCUT2D eigenvalue weighted by Gasteiger charge is 2.06. The van der Waals surface area contributed by atoms with E-state index in [0.29, 0.717) is 0 Å². The van der Waals surface area contributed by atoms with Gasteiger partial charge in [0.2, 0.25) is 5.91 Å². The molecule has 0 aliphatic rings. The molecule has 4 nitrogen and oxygen atoms in total. The molecule has 144 valence electrons. The second-order valence-corrected chi connectivity index (χ2v) is 6.84. The number of anilines is 1. The summed E-state index contributed by atoms with van der Waals surface area (Å²) in [6.07, 6.45) is 0. The van der Waals surface area contributed by atoms with E-state index in [-0.39, 0.29) is 11.9 Å². The van der Waals surface area contributed by atoms with E-state index in [1.54, 1.807) is 7.11 Å². The van der Waals surface area contributed by atoms with Crippen molar-refractivity contribution >= 4 is 11.6 Å². The summed E-state index contributed by atoms with van der Waals surface area (Å²) in [6.45, 7) is 4.44. The number of rotatable bonds is 7. The van der Waals surface area contributed by atoms with Crippen molar-refractivity contribution in [3.8, 4) is 16.9 Å².